The zero-order valence-corrected chi connectivity index (χ0v) is 14.1. The third kappa shape index (κ3) is 2.78. The molecule has 0 spiro atoms. The lowest BCUT2D eigenvalue weighted by atomic mass is 10.0. The van der Waals surface area contributed by atoms with Crippen LogP contribution in [0.2, 0.25) is 5.02 Å². The van der Waals surface area contributed by atoms with E-state index in [0.29, 0.717) is 22.9 Å². The maximum atomic E-state index is 8.75. The Morgan fingerprint density at radius 2 is 1.88 bits per heavy atom. The van der Waals surface area contributed by atoms with E-state index in [2.05, 4.69) is 10.1 Å². The van der Waals surface area contributed by atoms with Gasteiger partial charge >= 0.3 is 0 Å². The van der Waals surface area contributed by atoms with Gasteiger partial charge in [0.2, 0.25) is 0 Å². The normalized spacial score (nSPS) is 11.3. The van der Waals surface area contributed by atoms with Crippen LogP contribution in [0, 0.1) is 0 Å². The number of fused-ring (bicyclic) bond motifs is 1. The molecule has 0 aliphatic carbocycles. The number of aromatic amines is 1. The molecule has 6 heteroatoms. The van der Waals surface area contributed by atoms with Crippen molar-refractivity contribution in [2.24, 2.45) is 5.16 Å². The second-order valence-electron chi connectivity index (χ2n) is 5.22. The van der Waals surface area contributed by atoms with Crippen molar-refractivity contribution in [3.63, 3.8) is 0 Å². The highest BCUT2D eigenvalue weighted by molar-refractivity contribution is 6.30. The van der Waals surface area contributed by atoms with Crippen molar-refractivity contribution in [3.05, 3.63) is 47.1 Å². The molecule has 0 atom stereocenters. The van der Waals surface area contributed by atoms with Crippen molar-refractivity contribution < 1.29 is 14.7 Å². The molecule has 0 amide bonds. The standard InChI is InChI=1S/C18H17ClN2O3/c1-23-15-9-16(24-2)17-14(11-3-5-12(19)6-4-11)10-20-18(17)13(15)7-8-21-22/h3-6,8-10,20,22H,7H2,1-2H3/b21-8-. The molecule has 0 saturated heterocycles. The van der Waals surface area contributed by atoms with Crippen LogP contribution in [-0.2, 0) is 6.42 Å². The van der Waals surface area contributed by atoms with Gasteiger partial charge in [-0.05, 0) is 17.7 Å². The first-order chi connectivity index (χ1) is 11.7. The fraction of sp³-hybridized carbons (Fsp3) is 0.167. The summed E-state index contributed by atoms with van der Waals surface area (Å²) in [6.07, 6.45) is 3.78. The first-order valence-electron chi connectivity index (χ1n) is 7.36. The summed E-state index contributed by atoms with van der Waals surface area (Å²) in [6.45, 7) is 0. The van der Waals surface area contributed by atoms with Crippen molar-refractivity contribution in [3.8, 4) is 22.6 Å². The Kier molecular flexibility index (Phi) is 4.62. The van der Waals surface area contributed by atoms with Crippen LogP contribution < -0.4 is 9.47 Å². The highest BCUT2D eigenvalue weighted by Crippen LogP contribution is 2.41. The van der Waals surface area contributed by atoms with Crippen LogP contribution in [0.25, 0.3) is 22.0 Å². The van der Waals surface area contributed by atoms with Gasteiger partial charge in [0, 0.05) is 46.4 Å². The Labute approximate surface area is 144 Å². The lowest BCUT2D eigenvalue weighted by Crippen LogP contribution is -1.97. The van der Waals surface area contributed by atoms with Gasteiger partial charge in [0.25, 0.3) is 0 Å². The van der Waals surface area contributed by atoms with Crippen LogP contribution in [0.5, 0.6) is 11.5 Å². The van der Waals surface area contributed by atoms with Gasteiger partial charge in [-0.1, -0.05) is 23.7 Å². The number of methoxy groups -OCH3 is 2. The van der Waals surface area contributed by atoms with Gasteiger partial charge in [-0.2, -0.15) is 0 Å². The molecule has 0 radical (unpaired) electrons. The van der Waals surface area contributed by atoms with E-state index in [1.807, 2.05) is 36.5 Å². The SMILES string of the molecule is COc1cc(OC)c2c(-c3ccc(Cl)cc3)c[nH]c2c1C/C=N\O. The Morgan fingerprint density at radius 1 is 1.17 bits per heavy atom. The van der Waals surface area contributed by atoms with Crippen LogP contribution in [-0.4, -0.2) is 30.6 Å². The van der Waals surface area contributed by atoms with Crippen LogP contribution in [0.4, 0.5) is 0 Å². The van der Waals surface area contributed by atoms with Gasteiger partial charge in [-0.15, -0.1) is 5.16 Å². The Hall–Kier alpha value is -2.66. The fourth-order valence-electron chi connectivity index (χ4n) is 2.85. The monoisotopic (exact) mass is 344 g/mol. The van der Waals surface area contributed by atoms with Gasteiger partial charge in [0.15, 0.2) is 0 Å². The van der Waals surface area contributed by atoms with Gasteiger partial charge in [0.05, 0.1) is 19.7 Å². The molecule has 1 heterocycles. The zero-order valence-electron chi connectivity index (χ0n) is 13.3. The molecule has 0 unspecified atom stereocenters. The summed E-state index contributed by atoms with van der Waals surface area (Å²) < 4.78 is 11.0. The van der Waals surface area contributed by atoms with Crippen molar-refractivity contribution in [1.82, 2.24) is 4.98 Å². The Morgan fingerprint density at radius 3 is 2.50 bits per heavy atom. The summed E-state index contributed by atoms with van der Waals surface area (Å²) in [4.78, 5) is 3.29. The largest absolute Gasteiger partial charge is 0.496 e. The van der Waals surface area contributed by atoms with Crippen LogP contribution in [0.15, 0.2) is 41.7 Å². The number of hydrogen-bond donors (Lipinski definition) is 2. The average molecular weight is 345 g/mol. The summed E-state index contributed by atoms with van der Waals surface area (Å²) in [5.74, 6) is 1.38. The number of halogens is 1. The third-order valence-corrected chi connectivity index (χ3v) is 4.21. The smallest absolute Gasteiger partial charge is 0.132 e. The molecule has 3 rings (SSSR count). The average Bonchev–Trinajstić information content (AvgIpc) is 3.05. The molecule has 0 aliphatic heterocycles. The molecule has 5 nitrogen and oxygen atoms in total. The molecule has 0 bridgehead atoms. The third-order valence-electron chi connectivity index (χ3n) is 3.96. The summed E-state index contributed by atoms with van der Waals surface area (Å²) >= 11 is 5.98. The number of oxime groups is 1. The number of benzene rings is 2. The van der Waals surface area contributed by atoms with Gasteiger partial charge in [0.1, 0.15) is 11.5 Å². The molecule has 124 valence electrons. The molecular formula is C18H17ClN2O3. The number of hydrogen-bond acceptors (Lipinski definition) is 4. The van der Waals surface area contributed by atoms with Crippen molar-refractivity contribution in [2.75, 3.05) is 14.2 Å². The minimum atomic E-state index is 0.431. The van der Waals surface area contributed by atoms with E-state index >= 15 is 0 Å². The van der Waals surface area contributed by atoms with Crippen LogP contribution in [0.1, 0.15) is 5.56 Å². The van der Waals surface area contributed by atoms with Crippen molar-refractivity contribution in [2.45, 2.75) is 6.42 Å². The van der Waals surface area contributed by atoms with E-state index in [0.717, 1.165) is 27.6 Å². The molecule has 2 N–H and O–H groups in total. The quantitative estimate of drug-likeness (QED) is 0.406. The molecule has 0 saturated carbocycles. The maximum absolute atomic E-state index is 8.75. The van der Waals surface area contributed by atoms with Crippen LogP contribution >= 0.6 is 11.6 Å². The predicted molar refractivity (Wildman–Crippen MR) is 95.8 cm³/mol. The molecule has 0 fully saturated rings. The number of aromatic nitrogens is 1. The highest BCUT2D eigenvalue weighted by Gasteiger charge is 2.18. The highest BCUT2D eigenvalue weighted by atomic mass is 35.5. The predicted octanol–water partition coefficient (Wildman–Crippen LogP) is 4.51. The topological polar surface area (TPSA) is 66.8 Å². The van der Waals surface area contributed by atoms with Crippen molar-refractivity contribution in [1.29, 1.82) is 0 Å². The summed E-state index contributed by atoms with van der Waals surface area (Å²) in [5, 5.41) is 13.5. The van der Waals surface area contributed by atoms with E-state index in [4.69, 9.17) is 26.3 Å². The number of ether oxygens (including phenoxy) is 2. The first kappa shape index (κ1) is 16.2. The second-order valence-corrected chi connectivity index (χ2v) is 5.66. The summed E-state index contributed by atoms with van der Waals surface area (Å²) in [6, 6.07) is 9.47. The number of rotatable bonds is 5. The molecule has 3 aromatic rings. The van der Waals surface area contributed by atoms with E-state index in [9.17, 15) is 0 Å². The van der Waals surface area contributed by atoms with E-state index < -0.39 is 0 Å². The zero-order chi connectivity index (χ0) is 17.1. The molecule has 1 aromatic heterocycles. The number of nitrogens with zero attached hydrogens (tertiary/aromatic N) is 1. The number of H-pyrrole nitrogens is 1. The van der Waals surface area contributed by atoms with E-state index in [-0.39, 0.29) is 0 Å². The van der Waals surface area contributed by atoms with E-state index in [1.165, 1.54) is 6.21 Å². The first-order valence-corrected chi connectivity index (χ1v) is 7.74. The van der Waals surface area contributed by atoms with E-state index in [1.54, 1.807) is 14.2 Å². The minimum Gasteiger partial charge on any atom is -0.496 e. The van der Waals surface area contributed by atoms with Gasteiger partial charge in [-0.25, -0.2) is 0 Å². The lowest BCUT2D eigenvalue weighted by Gasteiger charge is -2.12. The van der Waals surface area contributed by atoms with Gasteiger partial charge < -0.3 is 19.7 Å². The lowest BCUT2D eigenvalue weighted by molar-refractivity contribution is 0.320. The molecular weight excluding hydrogens is 328 g/mol. The van der Waals surface area contributed by atoms with Crippen molar-refractivity contribution >= 4 is 28.7 Å². The molecule has 0 aliphatic rings. The number of nitrogens with one attached hydrogen (secondary N) is 1. The van der Waals surface area contributed by atoms with Gasteiger partial charge in [-0.3, -0.25) is 0 Å². The van der Waals surface area contributed by atoms with Crippen LogP contribution in [0.3, 0.4) is 0 Å². The molecule has 2 aromatic carbocycles. The fourth-order valence-corrected chi connectivity index (χ4v) is 2.98. The minimum absolute atomic E-state index is 0.431. The second kappa shape index (κ2) is 6.84. The maximum Gasteiger partial charge on any atom is 0.132 e. The summed E-state index contributed by atoms with van der Waals surface area (Å²) in [7, 11) is 3.23. The Balaban J connectivity index is 2.28. The summed E-state index contributed by atoms with van der Waals surface area (Å²) in [5.41, 5.74) is 3.81. The Bertz CT molecular complexity index is 885. The molecule has 24 heavy (non-hydrogen) atoms.